The smallest absolute Gasteiger partial charge is 0.159 e. The average molecular weight is 399 g/mol. The van der Waals surface area contributed by atoms with E-state index in [-0.39, 0.29) is 31.1 Å². The van der Waals surface area contributed by atoms with Crippen LogP contribution in [0.3, 0.4) is 0 Å². The van der Waals surface area contributed by atoms with Crippen molar-refractivity contribution in [3.05, 3.63) is 71.8 Å². The number of hydrogen-bond acceptors (Lipinski definition) is 4. The Balaban J connectivity index is 1.83. The van der Waals surface area contributed by atoms with Crippen molar-refractivity contribution in [1.82, 2.24) is 9.80 Å². The fraction of sp³-hybridized carbons (Fsp3) is 0.238. The maximum Gasteiger partial charge on any atom is 0.159 e. The number of Topliss-reactive ketones (excluding diaryl/α,β-unsaturated/α-hetero) is 2. The molecule has 27 heavy (non-hydrogen) atoms. The van der Waals surface area contributed by atoms with Gasteiger partial charge in [0, 0.05) is 25.2 Å². The van der Waals surface area contributed by atoms with Crippen LogP contribution in [0.1, 0.15) is 17.5 Å². The van der Waals surface area contributed by atoms with Crippen LogP contribution in [0, 0.1) is 0 Å². The third-order valence-electron chi connectivity index (χ3n) is 3.96. The van der Waals surface area contributed by atoms with E-state index >= 15 is 0 Å². The van der Waals surface area contributed by atoms with Crippen molar-refractivity contribution in [2.45, 2.75) is 6.42 Å². The molecule has 0 saturated heterocycles. The zero-order chi connectivity index (χ0) is 19.8. The molecule has 2 aromatic rings. The molecule has 0 aliphatic heterocycles. The lowest BCUT2D eigenvalue weighted by Crippen LogP contribution is -2.35. The molecule has 2 aromatic carbocycles. The number of nitrogens with zero attached hydrogens (tertiary/aromatic N) is 2. The van der Waals surface area contributed by atoms with Gasteiger partial charge in [0.1, 0.15) is 9.98 Å². The van der Waals surface area contributed by atoms with Crippen LogP contribution >= 0.6 is 24.4 Å². The van der Waals surface area contributed by atoms with Gasteiger partial charge in [0.2, 0.25) is 0 Å². The van der Waals surface area contributed by atoms with Crippen molar-refractivity contribution in [3.63, 3.8) is 0 Å². The fourth-order valence-electron chi connectivity index (χ4n) is 2.61. The highest BCUT2D eigenvalue weighted by Crippen LogP contribution is 2.07. The molecule has 0 N–H and O–H groups in total. The molecule has 0 aromatic heterocycles. The van der Waals surface area contributed by atoms with Crippen LogP contribution in [0.5, 0.6) is 0 Å². The Labute approximate surface area is 170 Å². The molecule has 0 bridgehead atoms. The predicted octanol–water partition coefficient (Wildman–Crippen LogP) is 3.13. The summed E-state index contributed by atoms with van der Waals surface area (Å²) < 4.78 is 0. The molecule has 0 radical (unpaired) electrons. The molecule has 0 heterocycles. The second kappa shape index (κ2) is 10.0. The minimum atomic E-state index is -0.167. The molecule has 0 fully saturated rings. The van der Waals surface area contributed by atoms with Crippen LogP contribution in [0.15, 0.2) is 60.7 Å². The maximum atomic E-state index is 12.2. The second-order valence-electron chi connectivity index (χ2n) is 6.31. The highest BCUT2D eigenvalue weighted by Gasteiger charge is 2.17. The first-order valence-electron chi connectivity index (χ1n) is 8.53. The molecule has 0 unspecified atom stereocenters. The zero-order valence-electron chi connectivity index (χ0n) is 15.4. The summed E-state index contributed by atoms with van der Waals surface area (Å²) in [6, 6.07) is 19.0. The predicted molar refractivity (Wildman–Crippen MR) is 116 cm³/mol. The molecule has 0 atom stereocenters. The molecule has 0 aliphatic rings. The highest BCUT2D eigenvalue weighted by atomic mass is 32.1. The van der Waals surface area contributed by atoms with Gasteiger partial charge in [0.25, 0.3) is 0 Å². The van der Waals surface area contributed by atoms with E-state index in [1.54, 1.807) is 23.9 Å². The highest BCUT2D eigenvalue weighted by molar-refractivity contribution is 7.80. The monoisotopic (exact) mass is 398 g/mol. The third kappa shape index (κ3) is 6.34. The lowest BCUT2D eigenvalue weighted by Gasteiger charge is -2.21. The van der Waals surface area contributed by atoms with E-state index in [1.807, 2.05) is 60.7 Å². The van der Waals surface area contributed by atoms with Gasteiger partial charge in [-0.25, -0.2) is 0 Å². The van der Waals surface area contributed by atoms with Crippen molar-refractivity contribution in [1.29, 1.82) is 0 Å². The van der Waals surface area contributed by atoms with E-state index in [4.69, 9.17) is 24.4 Å². The Bertz CT molecular complexity index is 753. The summed E-state index contributed by atoms with van der Waals surface area (Å²) in [7, 11) is 3.52. The number of likely N-dealkylation sites (N-methyl/N-ethyl adjacent to an activating group) is 2. The van der Waals surface area contributed by atoms with Crippen molar-refractivity contribution < 1.29 is 9.59 Å². The van der Waals surface area contributed by atoms with Crippen molar-refractivity contribution in [2.24, 2.45) is 0 Å². The Kier molecular flexibility index (Phi) is 7.76. The van der Waals surface area contributed by atoms with E-state index in [0.29, 0.717) is 9.98 Å². The Morgan fingerprint density at radius 1 is 0.704 bits per heavy atom. The van der Waals surface area contributed by atoms with Crippen molar-refractivity contribution in [2.75, 3.05) is 27.2 Å². The summed E-state index contributed by atoms with van der Waals surface area (Å²) in [6.07, 6.45) is -0.135. The number of carbonyl (C=O) groups is 2. The molecular weight excluding hydrogens is 376 g/mol. The Morgan fingerprint density at radius 3 is 1.37 bits per heavy atom. The maximum absolute atomic E-state index is 12.2. The van der Waals surface area contributed by atoms with Gasteiger partial charge < -0.3 is 9.80 Å². The van der Waals surface area contributed by atoms with Crippen LogP contribution in [0.2, 0.25) is 0 Å². The summed E-state index contributed by atoms with van der Waals surface area (Å²) in [5.41, 5.74) is 1.75. The molecule has 0 spiro atoms. The first-order valence-corrected chi connectivity index (χ1v) is 9.34. The fourth-order valence-corrected chi connectivity index (χ4v) is 3.01. The minimum Gasteiger partial charge on any atom is -0.358 e. The van der Waals surface area contributed by atoms with Crippen LogP contribution < -0.4 is 0 Å². The van der Waals surface area contributed by atoms with Gasteiger partial charge in [0.15, 0.2) is 11.6 Å². The van der Waals surface area contributed by atoms with E-state index in [2.05, 4.69) is 0 Å². The summed E-state index contributed by atoms with van der Waals surface area (Å²) in [5.74, 6) is -0.334. The summed E-state index contributed by atoms with van der Waals surface area (Å²) in [5, 5.41) is 0. The van der Waals surface area contributed by atoms with Crippen LogP contribution in [0.4, 0.5) is 0 Å². The van der Waals surface area contributed by atoms with Gasteiger partial charge in [-0.05, 0) is 0 Å². The van der Waals surface area contributed by atoms with Gasteiger partial charge in [-0.3, -0.25) is 9.59 Å². The first-order chi connectivity index (χ1) is 12.9. The van der Waals surface area contributed by atoms with Gasteiger partial charge >= 0.3 is 0 Å². The normalized spacial score (nSPS) is 10.1. The average Bonchev–Trinajstić information content (AvgIpc) is 2.67. The third-order valence-corrected chi connectivity index (χ3v) is 5.05. The van der Waals surface area contributed by atoms with E-state index in [0.717, 1.165) is 11.1 Å². The zero-order valence-corrected chi connectivity index (χ0v) is 17.1. The molecule has 0 amide bonds. The lowest BCUT2D eigenvalue weighted by molar-refractivity contribution is -0.127. The van der Waals surface area contributed by atoms with E-state index < -0.39 is 0 Å². The minimum absolute atomic E-state index is 0.103. The summed E-state index contributed by atoms with van der Waals surface area (Å²) in [6.45, 7) is 0.207. The number of benzene rings is 2. The molecule has 4 nitrogen and oxygen atoms in total. The van der Waals surface area contributed by atoms with Crippen LogP contribution in [0.25, 0.3) is 0 Å². The number of ketones is 2. The summed E-state index contributed by atoms with van der Waals surface area (Å²) in [4.78, 5) is 29.0. The van der Waals surface area contributed by atoms with Crippen molar-refractivity contribution in [3.8, 4) is 0 Å². The number of thiocarbonyl (C=S) groups is 2. The number of hydrogen-bond donors (Lipinski definition) is 0. The topological polar surface area (TPSA) is 40.6 Å². The lowest BCUT2D eigenvalue weighted by atomic mass is 10.1. The standard InChI is InChI=1S/C21H22N2O2S2/c1-22(20(26)16-9-5-3-6-10-16)14-18(24)13-19(25)15-23(2)21(27)17-11-7-4-8-12-17/h3-12H,13-15H2,1-2H3. The van der Waals surface area contributed by atoms with Gasteiger partial charge in [0.05, 0.1) is 19.5 Å². The molecule has 6 heteroatoms. The molecule has 2 rings (SSSR count). The summed E-state index contributed by atoms with van der Waals surface area (Å²) >= 11 is 10.8. The Morgan fingerprint density at radius 2 is 1.04 bits per heavy atom. The van der Waals surface area contributed by atoms with Crippen LogP contribution in [-0.4, -0.2) is 58.5 Å². The van der Waals surface area contributed by atoms with E-state index in [9.17, 15) is 9.59 Å². The molecular formula is C21H22N2O2S2. The first kappa shape index (κ1) is 20.9. The molecule has 0 aliphatic carbocycles. The largest absolute Gasteiger partial charge is 0.358 e. The van der Waals surface area contributed by atoms with Gasteiger partial charge in [-0.2, -0.15) is 0 Å². The quantitative estimate of drug-likeness (QED) is 0.503. The number of rotatable bonds is 8. The molecule has 140 valence electrons. The second-order valence-corrected chi connectivity index (χ2v) is 7.08. The van der Waals surface area contributed by atoms with E-state index in [1.165, 1.54) is 0 Å². The van der Waals surface area contributed by atoms with Gasteiger partial charge in [-0.1, -0.05) is 85.1 Å². The van der Waals surface area contributed by atoms with Crippen LogP contribution in [-0.2, 0) is 9.59 Å². The molecule has 0 saturated carbocycles. The van der Waals surface area contributed by atoms with Crippen molar-refractivity contribution >= 4 is 46.0 Å². The van der Waals surface area contributed by atoms with Gasteiger partial charge in [-0.15, -0.1) is 0 Å². The SMILES string of the molecule is CN(CC(=O)CC(=O)CN(C)C(=S)c1ccccc1)C(=S)c1ccccc1. The number of carbonyl (C=O) groups excluding carboxylic acids is 2. The Hall–Kier alpha value is -2.44.